The Labute approximate surface area is 164 Å². The van der Waals surface area contributed by atoms with Crippen LogP contribution in [0.15, 0.2) is 62.2 Å². The first-order valence-electron chi connectivity index (χ1n) is 7.57. The number of aliphatic imine (C=N–C) groups is 1. The van der Waals surface area contributed by atoms with E-state index in [9.17, 15) is 9.90 Å². The number of esters is 1. The molecule has 1 aromatic heterocycles. The highest BCUT2D eigenvalue weighted by atomic mass is 35.5. The minimum Gasteiger partial charge on any atom is -0.506 e. The van der Waals surface area contributed by atoms with Crippen molar-refractivity contribution in [3.63, 3.8) is 0 Å². The van der Waals surface area contributed by atoms with Gasteiger partial charge in [-0.1, -0.05) is 35.0 Å². The minimum atomic E-state index is -0.663. The van der Waals surface area contributed by atoms with Crippen LogP contribution in [0.2, 0.25) is 10.0 Å². The van der Waals surface area contributed by atoms with Gasteiger partial charge in [0.1, 0.15) is 22.1 Å². The Morgan fingerprint density at radius 2 is 2.19 bits per heavy atom. The van der Waals surface area contributed by atoms with Gasteiger partial charge >= 0.3 is 5.97 Å². The summed E-state index contributed by atoms with van der Waals surface area (Å²) in [7, 11) is 0. The highest BCUT2D eigenvalue weighted by Gasteiger charge is 2.33. The number of carbonyl (C=O) groups excluding carboxylic acids is 1. The second-order valence-electron chi connectivity index (χ2n) is 5.08. The lowest BCUT2D eigenvalue weighted by molar-refractivity contribution is -0.138. The second-order valence-corrected chi connectivity index (χ2v) is 6.96. The molecule has 26 heavy (non-hydrogen) atoms. The van der Waals surface area contributed by atoms with Crippen LogP contribution in [0.1, 0.15) is 12.7 Å². The number of halogens is 2. The van der Waals surface area contributed by atoms with Gasteiger partial charge in [-0.2, -0.15) is 0 Å². The number of ether oxygens (including phenoxy) is 1. The largest absolute Gasteiger partial charge is 0.506 e. The van der Waals surface area contributed by atoms with Gasteiger partial charge in [0.15, 0.2) is 0 Å². The molecule has 1 N–H and O–H groups in total. The Balaban J connectivity index is 2.06. The molecular weight excluding hydrogens is 397 g/mol. The van der Waals surface area contributed by atoms with Gasteiger partial charge in [0, 0.05) is 5.02 Å². The quantitative estimate of drug-likeness (QED) is 0.647. The highest BCUT2D eigenvalue weighted by Crippen LogP contribution is 2.41. The van der Waals surface area contributed by atoms with Crippen LogP contribution in [0.25, 0.3) is 6.08 Å². The Morgan fingerprint density at radius 3 is 2.85 bits per heavy atom. The molecule has 134 valence electrons. The van der Waals surface area contributed by atoms with Gasteiger partial charge in [0.2, 0.25) is 0 Å². The number of rotatable bonds is 4. The summed E-state index contributed by atoms with van der Waals surface area (Å²) in [5, 5.41) is 11.6. The summed E-state index contributed by atoms with van der Waals surface area (Å²) in [5.74, 6) is -0.342. The number of benzene rings is 1. The molecule has 0 bridgehead atoms. The maximum Gasteiger partial charge on any atom is 0.344 e. The Bertz CT molecular complexity index is 933. The number of hydrogen-bond acceptors (Lipinski definition) is 6. The van der Waals surface area contributed by atoms with Gasteiger partial charge < -0.3 is 14.3 Å². The lowest BCUT2D eigenvalue weighted by atomic mass is 10.2. The molecule has 0 amide bonds. The summed E-state index contributed by atoms with van der Waals surface area (Å²) in [6, 6.07) is 8.28. The molecule has 1 aliphatic heterocycles. The molecule has 1 aromatic carbocycles. The fourth-order valence-electron chi connectivity index (χ4n) is 2.18. The van der Waals surface area contributed by atoms with Crippen LogP contribution in [0.4, 0.5) is 5.69 Å². The molecule has 0 fully saturated rings. The molecule has 0 saturated heterocycles. The van der Waals surface area contributed by atoms with Gasteiger partial charge in [-0.05, 0) is 43.3 Å². The monoisotopic (exact) mass is 409 g/mol. The zero-order valence-corrected chi connectivity index (χ0v) is 15.9. The first-order chi connectivity index (χ1) is 12.5. The molecule has 5 nitrogen and oxygen atoms in total. The lowest BCUT2D eigenvalue weighted by Gasteiger charge is -2.05. The van der Waals surface area contributed by atoms with E-state index >= 15 is 0 Å². The number of carbonyl (C=O) groups is 1. The third-order valence-electron chi connectivity index (χ3n) is 3.32. The molecule has 3 rings (SSSR count). The third-order valence-corrected chi connectivity index (χ3v) is 4.88. The third kappa shape index (κ3) is 3.98. The molecule has 2 aromatic rings. The van der Waals surface area contributed by atoms with Crippen molar-refractivity contribution in [2.24, 2.45) is 4.99 Å². The van der Waals surface area contributed by atoms with Crippen LogP contribution in [0.3, 0.4) is 0 Å². The molecule has 0 radical (unpaired) electrons. The van der Waals surface area contributed by atoms with E-state index in [1.54, 1.807) is 43.3 Å². The first-order valence-corrected chi connectivity index (χ1v) is 9.14. The predicted octanol–water partition coefficient (Wildman–Crippen LogP) is 5.78. The van der Waals surface area contributed by atoms with Gasteiger partial charge in [-0.25, -0.2) is 9.79 Å². The van der Waals surface area contributed by atoms with E-state index in [4.69, 9.17) is 32.4 Å². The van der Waals surface area contributed by atoms with Crippen LogP contribution in [0, 0.1) is 0 Å². The Morgan fingerprint density at radius 1 is 1.38 bits per heavy atom. The molecule has 8 heteroatoms. The zero-order valence-electron chi connectivity index (χ0n) is 13.5. The summed E-state index contributed by atoms with van der Waals surface area (Å²) in [6.45, 7) is 1.86. The van der Waals surface area contributed by atoms with E-state index in [2.05, 4.69) is 4.99 Å². The lowest BCUT2D eigenvalue weighted by Crippen LogP contribution is -2.12. The van der Waals surface area contributed by atoms with E-state index < -0.39 is 5.97 Å². The van der Waals surface area contributed by atoms with E-state index in [0.717, 1.165) is 11.8 Å². The smallest absolute Gasteiger partial charge is 0.344 e. The average molecular weight is 410 g/mol. The van der Waals surface area contributed by atoms with Crippen molar-refractivity contribution in [1.82, 2.24) is 0 Å². The van der Waals surface area contributed by atoms with E-state index in [0.29, 0.717) is 26.4 Å². The van der Waals surface area contributed by atoms with Crippen molar-refractivity contribution in [3.8, 4) is 0 Å². The SMILES string of the molecule is CCOC(=O)C1=C(O)C(=Cc2ccco2)SC1=Nc1ccc(Cl)cc1Cl. The molecule has 0 saturated carbocycles. The number of aliphatic hydroxyl groups excluding tert-OH is 1. The van der Waals surface area contributed by atoms with Gasteiger partial charge in [-0.3, -0.25) is 0 Å². The normalized spacial score (nSPS) is 17.3. The van der Waals surface area contributed by atoms with Gasteiger partial charge in [-0.15, -0.1) is 0 Å². The molecule has 1 aliphatic rings. The molecule has 0 atom stereocenters. The number of hydrogen-bond donors (Lipinski definition) is 1. The first kappa shape index (κ1) is 18.6. The van der Waals surface area contributed by atoms with Crippen LogP contribution < -0.4 is 0 Å². The van der Waals surface area contributed by atoms with Crippen LogP contribution in [-0.2, 0) is 9.53 Å². The topological polar surface area (TPSA) is 72.0 Å². The maximum atomic E-state index is 12.3. The van der Waals surface area contributed by atoms with Crippen molar-refractivity contribution in [3.05, 3.63) is 68.6 Å². The second kappa shape index (κ2) is 8.03. The summed E-state index contributed by atoms with van der Waals surface area (Å²) in [4.78, 5) is 17.1. The Kier molecular flexibility index (Phi) is 5.76. The Hall–Kier alpha value is -2.15. The van der Waals surface area contributed by atoms with E-state index in [-0.39, 0.29) is 23.0 Å². The van der Waals surface area contributed by atoms with Crippen molar-refractivity contribution in [2.45, 2.75) is 6.92 Å². The summed E-state index contributed by atoms with van der Waals surface area (Å²) in [5.41, 5.74) is 0.410. The van der Waals surface area contributed by atoms with Crippen molar-refractivity contribution in [2.75, 3.05) is 6.61 Å². The van der Waals surface area contributed by atoms with Crippen LogP contribution in [0.5, 0.6) is 0 Å². The molecule has 0 aliphatic carbocycles. The summed E-state index contributed by atoms with van der Waals surface area (Å²) >= 11 is 13.2. The van der Waals surface area contributed by atoms with Crippen molar-refractivity contribution in [1.29, 1.82) is 0 Å². The molecular formula is C18H13Cl2NO4S. The maximum absolute atomic E-state index is 12.3. The van der Waals surface area contributed by atoms with Crippen LogP contribution >= 0.6 is 35.0 Å². The minimum absolute atomic E-state index is 0.0133. The van der Waals surface area contributed by atoms with Gasteiger partial charge in [0.05, 0.1) is 28.5 Å². The van der Waals surface area contributed by atoms with Crippen molar-refractivity contribution < 1.29 is 19.1 Å². The van der Waals surface area contributed by atoms with Crippen LogP contribution in [-0.4, -0.2) is 22.7 Å². The van der Waals surface area contributed by atoms with E-state index in [1.165, 1.54) is 6.26 Å². The highest BCUT2D eigenvalue weighted by molar-refractivity contribution is 8.18. The van der Waals surface area contributed by atoms with Crippen molar-refractivity contribution >= 4 is 57.7 Å². The number of thioether (sulfide) groups is 1. The molecule has 2 heterocycles. The fraction of sp³-hybridized carbons (Fsp3) is 0.111. The molecule has 0 spiro atoms. The average Bonchev–Trinajstić information content (AvgIpc) is 3.19. The molecule has 0 unspecified atom stereocenters. The van der Waals surface area contributed by atoms with Gasteiger partial charge in [0.25, 0.3) is 0 Å². The predicted molar refractivity (Wildman–Crippen MR) is 104 cm³/mol. The standard InChI is InChI=1S/C18H13Cl2NO4S/c1-2-24-18(23)15-16(22)14(9-11-4-3-7-25-11)26-17(15)21-13-6-5-10(19)8-12(13)20/h3-9,22H,2H2,1H3. The number of aliphatic hydroxyl groups is 1. The summed E-state index contributed by atoms with van der Waals surface area (Å²) in [6.07, 6.45) is 3.13. The fourth-order valence-corrected chi connectivity index (χ4v) is 3.63. The summed E-state index contributed by atoms with van der Waals surface area (Å²) < 4.78 is 10.3. The number of furan rings is 1. The van der Waals surface area contributed by atoms with E-state index in [1.807, 2.05) is 0 Å². The number of nitrogens with zero attached hydrogens (tertiary/aromatic N) is 1. The zero-order chi connectivity index (χ0) is 18.7.